The fourth-order valence-electron chi connectivity index (χ4n) is 7.62. The summed E-state index contributed by atoms with van der Waals surface area (Å²) in [5.41, 5.74) is 13.9. The van der Waals surface area contributed by atoms with Gasteiger partial charge in [0.2, 0.25) is 0 Å². The van der Waals surface area contributed by atoms with Gasteiger partial charge in [-0.15, -0.1) is 0 Å². The van der Waals surface area contributed by atoms with E-state index in [4.69, 9.17) is 4.42 Å². The summed E-state index contributed by atoms with van der Waals surface area (Å²) in [6.07, 6.45) is 0. The topological polar surface area (TPSA) is 22.9 Å². The summed E-state index contributed by atoms with van der Waals surface area (Å²) < 4.78 is 6.41. The predicted molar refractivity (Wildman–Crippen MR) is 217 cm³/mol. The quantitative estimate of drug-likeness (QED) is 0.176. The second-order valence-electron chi connectivity index (χ2n) is 13.0. The van der Waals surface area contributed by atoms with Gasteiger partial charge in [-0.3, -0.25) is 0 Å². The van der Waals surface area contributed by atoms with Crippen LogP contribution in [0.2, 0.25) is 0 Å². The van der Waals surface area contributed by atoms with Crippen LogP contribution in [0, 0.1) is 0 Å². The molecule has 246 valence electrons. The molecule has 0 aliphatic carbocycles. The Balaban J connectivity index is 1.14. The van der Waals surface area contributed by atoms with Gasteiger partial charge in [-0.2, -0.15) is 0 Å². The first kappa shape index (κ1) is 29.8. The first-order valence-electron chi connectivity index (χ1n) is 17.6. The van der Waals surface area contributed by atoms with E-state index in [1.807, 2.05) is 12.1 Å². The van der Waals surface area contributed by atoms with Crippen LogP contribution in [0.5, 0.6) is 0 Å². The van der Waals surface area contributed by atoms with Crippen molar-refractivity contribution in [1.82, 2.24) is 0 Å². The molecule has 0 radical (unpaired) electrons. The minimum atomic E-state index is 0.906. The van der Waals surface area contributed by atoms with Gasteiger partial charge in [0, 0.05) is 44.8 Å². The molecule has 8 aromatic carbocycles. The maximum Gasteiger partial charge on any atom is 0.143 e. The lowest BCUT2D eigenvalue weighted by atomic mass is 10.0. The number of anilines is 9. The Morgan fingerprint density at radius 2 is 0.904 bits per heavy atom. The van der Waals surface area contributed by atoms with E-state index in [1.165, 1.54) is 0 Å². The van der Waals surface area contributed by atoms with E-state index < -0.39 is 0 Å². The number of fused-ring (bicyclic) bond motifs is 5. The van der Waals surface area contributed by atoms with Crippen molar-refractivity contribution in [2.45, 2.75) is 0 Å². The van der Waals surface area contributed by atoms with E-state index >= 15 is 0 Å². The highest BCUT2D eigenvalue weighted by Crippen LogP contribution is 2.55. The van der Waals surface area contributed by atoms with E-state index in [0.29, 0.717) is 0 Å². The van der Waals surface area contributed by atoms with Crippen molar-refractivity contribution in [1.29, 1.82) is 0 Å². The Labute approximate surface area is 302 Å². The second kappa shape index (κ2) is 12.4. The lowest BCUT2D eigenvalue weighted by Gasteiger charge is -2.41. The summed E-state index contributed by atoms with van der Waals surface area (Å²) in [5, 5.41) is 2.27. The van der Waals surface area contributed by atoms with Gasteiger partial charge in [0.1, 0.15) is 11.2 Å². The van der Waals surface area contributed by atoms with Gasteiger partial charge in [-0.05, 0) is 90.5 Å². The van der Waals surface area contributed by atoms with Crippen molar-refractivity contribution < 1.29 is 4.42 Å². The van der Waals surface area contributed by atoms with Crippen molar-refractivity contribution in [3.63, 3.8) is 0 Å². The molecule has 0 spiro atoms. The normalized spacial score (nSPS) is 12.2. The van der Waals surface area contributed by atoms with Gasteiger partial charge in [-0.25, -0.2) is 0 Å². The van der Waals surface area contributed by atoms with E-state index in [1.54, 1.807) is 0 Å². The second-order valence-corrected chi connectivity index (χ2v) is 13.0. The van der Waals surface area contributed by atoms with Crippen LogP contribution in [0.4, 0.5) is 51.2 Å². The van der Waals surface area contributed by atoms with E-state index in [-0.39, 0.29) is 0 Å². The molecule has 52 heavy (non-hydrogen) atoms. The molecule has 0 saturated heterocycles. The molecule has 1 aliphatic heterocycles. The standard InChI is InChI=1S/C48H33N3O/c1-4-15-35(16-5-1)49(36-17-6-2-7-18-36)39-31-32-45-46(33-39)51(37-19-8-3-9-20-37)44-25-12-11-24-43(44)50(45)38-29-27-34(28-30-38)40-22-14-23-42-41-21-10-13-26-47(41)52-48(40)42/h1-33H. The molecular formula is C48H33N3O. The number of rotatable bonds is 6. The van der Waals surface area contributed by atoms with Crippen LogP contribution in [0.15, 0.2) is 205 Å². The van der Waals surface area contributed by atoms with Crippen LogP contribution in [-0.4, -0.2) is 0 Å². The first-order chi connectivity index (χ1) is 25.8. The Bertz CT molecular complexity index is 2650. The van der Waals surface area contributed by atoms with Crippen LogP contribution in [0.25, 0.3) is 33.1 Å². The minimum Gasteiger partial charge on any atom is -0.455 e. The van der Waals surface area contributed by atoms with Crippen molar-refractivity contribution in [3.8, 4) is 11.1 Å². The smallest absolute Gasteiger partial charge is 0.143 e. The van der Waals surface area contributed by atoms with Gasteiger partial charge in [0.25, 0.3) is 0 Å². The molecule has 4 heteroatoms. The van der Waals surface area contributed by atoms with Gasteiger partial charge >= 0.3 is 0 Å². The van der Waals surface area contributed by atoms with Gasteiger partial charge in [0.15, 0.2) is 0 Å². The van der Waals surface area contributed by atoms with Crippen molar-refractivity contribution in [2.75, 3.05) is 14.7 Å². The highest BCUT2D eigenvalue weighted by molar-refractivity contribution is 6.10. The first-order valence-corrected chi connectivity index (χ1v) is 17.6. The van der Waals surface area contributed by atoms with Gasteiger partial charge in [-0.1, -0.05) is 115 Å². The molecule has 0 unspecified atom stereocenters. The fourth-order valence-corrected chi connectivity index (χ4v) is 7.62. The van der Waals surface area contributed by atoms with Gasteiger partial charge < -0.3 is 19.1 Å². The Morgan fingerprint density at radius 3 is 1.60 bits per heavy atom. The van der Waals surface area contributed by atoms with Crippen molar-refractivity contribution >= 4 is 73.1 Å². The van der Waals surface area contributed by atoms with Gasteiger partial charge in [0.05, 0.1) is 22.7 Å². The molecule has 9 aromatic rings. The summed E-state index contributed by atoms with van der Waals surface area (Å²) in [5.74, 6) is 0. The van der Waals surface area contributed by atoms with E-state index in [0.717, 1.165) is 84.3 Å². The Hall–Kier alpha value is -7.04. The summed E-state index contributed by atoms with van der Waals surface area (Å²) in [4.78, 5) is 7.09. The summed E-state index contributed by atoms with van der Waals surface area (Å²) >= 11 is 0. The third-order valence-electron chi connectivity index (χ3n) is 9.95. The predicted octanol–water partition coefficient (Wildman–Crippen LogP) is 14.0. The third kappa shape index (κ3) is 4.92. The van der Waals surface area contributed by atoms with Crippen LogP contribution >= 0.6 is 0 Å². The van der Waals surface area contributed by atoms with Crippen molar-refractivity contribution in [3.05, 3.63) is 200 Å². The molecule has 0 amide bonds. The highest BCUT2D eigenvalue weighted by atomic mass is 16.3. The number of hydrogen-bond acceptors (Lipinski definition) is 4. The highest BCUT2D eigenvalue weighted by Gasteiger charge is 2.31. The molecule has 2 heterocycles. The molecule has 1 aromatic heterocycles. The zero-order chi connectivity index (χ0) is 34.4. The average Bonchev–Trinajstić information content (AvgIpc) is 3.60. The van der Waals surface area contributed by atoms with E-state index in [2.05, 4.69) is 203 Å². The Kier molecular flexibility index (Phi) is 7.10. The fraction of sp³-hybridized carbons (Fsp3) is 0. The summed E-state index contributed by atoms with van der Waals surface area (Å²) in [6, 6.07) is 70.8. The van der Waals surface area contributed by atoms with Crippen LogP contribution in [0.3, 0.4) is 0 Å². The van der Waals surface area contributed by atoms with Crippen LogP contribution in [0.1, 0.15) is 0 Å². The molecule has 0 N–H and O–H groups in total. The number of hydrogen-bond donors (Lipinski definition) is 0. The van der Waals surface area contributed by atoms with E-state index in [9.17, 15) is 0 Å². The maximum atomic E-state index is 6.41. The minimum absolute atomic E-state index is 0.906. The molecule has 10 rings (SSSR count). The average molecular weight is 668 g/mol. The molecule has 0 atom stereocenters. The number of para-hydroxylation sites is 7. The maximum absolute atomic E-state index is 6.41. The third-order valence-corrected chi connectivity index (χ3v) is 9.95. The molecule has 0 bridgehead atoms. The van der Waals surface area contributed by atoms with Crippen LogP contribution < -0.4 is 14.7 Å². The summed E-state index contributed by atoms with van der Waals surface area (Å²) in [6.45, 7) is 0. The molecule has 0 saturated carbocycles. The number of nitrogens with zero attached hydrogens (tertiary/aromatic N) is 3. The number of benzene rings is 8. The molecule has 0 fully saturated rings. The molecule has 1 aliphatic rings. The Morgan fingerprint density at radius 1 is 0.365 bits per heavy atom. The number of furan rings is 1. The monoisotopic (exact) mass is 667 g/mol. The lowest BCUT2D eigenvalue weighted by molar-refractivity contribution is 0.670. The van der Waals surface area contributed by atoms with Crippen LogP contribution in [-0.2, 0) is 0 Å². The molecular weight excluding hydrogens is 635 g/mol. The lowest BCUT2D eigenvalue weighted by Crippen LogP contribution is -2.24. The largest absolute Gasteiger partial charge is 0.455 e. The SMILES string of the molecule is c1ccc(N(c2ccccc2)c2ccc3c(c2)N(c2ccccc2)c2ccccc2N3c2ccc(-c3cccc4c3oc3ccccc34)cc2)cc1. The zero-order valence-electron chi connectivity index (χ0n) is 28.3. The zero-order valence-corrected chi connectivity index (χ0v) is 28.3. The molecule has 4 nitrogen and oxygen atoms in total. The van der Waals surface area contributed by atoms with Crippen molar-refractivity contribution in [2.24, 2.45) is 0 Å². The summed E-state index contributed by atoms with van der Waals surface area (Å²) in [7, 11) is 0.